The van der Waals surface area contributed by atoms with Gasteiger partial charge in [0.2, 0.25) is 0 Å². The predicted molar refractivity (Wildman–Crippen MR) is 139 cm³/mol. The van der Waals surface area contributed by atoms with Gasteiger partial charge in [-0.1, -0.05) is 64.7 Å². The Balaban J connectivity index is 4.16. The van der Waals surface area contributed by atoms with Crippen LogP contribution in [-0.4, -0.2) is 87.3 Å². The molecule has 0 fully saturated rings. The molecule has 0 amide bonds. The van der Waals surface area contributed by atoms with Crippen molar-refractivity contribution in [3.05, 3.63) is 0 Å². The number of hydrogen-bond acceptors (Lipinski definition) is 6. The molecule has 0 saturated heterocycles. The Morgan fingerprint density at radius 3 is 1.94 bits per heavy atom. The van der Waals surface area contributed by atoms with Crippen LogP contribution in [0, 0.1) is 0 Å². The second kappa shape index (κ2) is 21.5. The maximum Gasteiger partial charge on any atom is 0.472 e. The van der Waals surface area contributed by atoms with E-state index in [4.69, 9.17) is 23.6 Å². The van der Waals surface area contributed by atoms with Crippen molar-refractivity contribution < 1.29 is 42.4 Å². The minimum absolute atomic E-state index is 0.0890. The van der Waals surface area contributed by atoms with E-state index in [-0.39, 0.29) is 26.2 Å². The molecule has 0 radical (unpaired) electrons. The number of phosphoric acid groups is 1. The number of carboxylic acid groups (broad SMARTS) is 1. The first-order valence-electron chi connectivity index (χ1n) is 13.4. The molecule has 1 unspecified atom stereocenters. The summed E-state index contributed by atoms with van der Waals surface area (Å²) in [5.74, 6) is -0.836. The molecule has 2 N–H and O–H groups in total. The summed E-state index contributed by atoms with van der Waals surface area (Å²) in [4.78, 5) is 20.6. The summed E-state index contributed by atoms with van der Waals surface area (Å²) in [5.41, 5.74) is 0. The minimum Gasteiger partial charge on any atom is -0.481 e. The number of ether oxygens (including phenoxy) is 2. The lowest BCUT2D eigenvalue weighted by atomic mass is 10.1. The molecule has 0 aliphatic heterocycles. The standard InChI is InChI=1S/C25H52NO8P/c1-5-6-7-8-9-10-11-12-13-15-19-31-22-24(32-20-16-14-17-25(27)28)23-34-35(29,30)33-21-18-26(2,3)4/h24H,5-23H2,1-4H3,(H-,27,28,29,30)/p+1/t24-/m1/s1. The monoisotopic (exact) mass is 526 g/mol. The lowest BCUT2D eigenvalue weighted by molar-refractivity contribution is -0.870. The predicted octanol–water partition coefficient (Wildman–Crippen LogP) is 5.40. The molecule has 0 aromatic rings. The molecule has 0 saturated carbocycles. The Morgan fingerprint density at radius 2 is 1.37 bits per heavy atom. The van der Waals surface area contributed by atoms with Crippen molar-refractivity contribution in [2.24, 2.45) is 0 Å². The van der Waals surface area contributed by atoms with Crippen molar-refractivity contribution in [2.75, 3.05) is 60.7 Å². The topological polar surface area (TPSA) is 112 Å². The molecule has 10 heteroatoms. The van der Waals surface area contributed by atoms with Crippen molar-refractivity contribution in [2.45, 2.75) is 96.5 Å². The third-order valence-electron chi connectivity index (χ3n) is 5.52. The van der Waals surface area contributed by atoms with E-state index in [1.807, 2.05) is 21.1 Å². The Labute approximate surface area is 213 Å². The minimum atomic E-state index is -4.18. The van der Waals surface area contributed by atoms with Crippen LogP contribution in [0.1, 0.15) is 90.4 Å². The number of nitrogens with zero attached hydrogens (tertiary/aromatic N) is 1. The summed E-state index contributed by atoms with van der Waals surface area (Å²) in [6.07, 6.45) is 13.2. The highest BCUT2D eigenvalue weighted by Crippen LogP contribution is 2.43. The van der Waals surface area contributed by atoms with Crippen molar-refractivity contribution in [1.82, 2.24) is 0 Å². The maximum atomic E-state index is 12.2. The highest BCUT2D eigenvalue weighted by Gasteiger charge is 2.25. The van der Waals surface area contributed by atoms with Crippen molar-refractivity contribution in [3.8, 4) is 0 Å². The normalized spacial score (nSPS) is 14.7. The summed E-state index contributed by atoms with van der Waals surface area (Å²) in [7, 11) is 1.71. The fourth-order valence-corrected chi connectivity index (χ4v) is 4.07. The number of rotatable bonds is 26. The van der Waals surface area contributed by atoms with Crippen LogP contribution >= 0.6 is 7.82 Å². The summed E-state index contributed by atoms with van der Waals surface area (Å²) < 4.78 is 34.5. The zero-order valence-electron chi connectivity index (χ0n) is 22.8. The second-order valence-electron chi connectivity index (χ2n) is 10.2. The lowest BCUT2D eigenvalue weighted by Crippen LogP contribution is -2.37. The maximum absolute atomic E-state index is 12.2. The van der Waals surface area contributed by atoms with E-state index in [1.165, 1.54) is 51.4 Å². The fourth-order valence-electron chi connectivity index (χ4n) is 3.32. The van der Waals surface area contributed by atoms with Gasteiger partial charge < -0.3 is 24.0 Å². The van der Waals surface area contributed by atoms with Gasteiger partial charge in [-0.05, 0) is 19.3 Å². The van der Waals surface area contributed by atoms with Gasteiger partial charge in [0.1, 0.15) is 19.3 Å². The Morgan fingerprint density at radius 1 is 0.800 bits per heavy atom. The van der Waals surface area contributed by atoms with Crippen LogP contribution in [0.25, 0.3) is 0 Å². The van der Waals surface area contributed by atoms with E-state index in [2.05, 4.69) is 6.92 Å². The molecular weight excluding hydrogens is 473 g/mol. The molecule has 0 aliphatic carbocycles. The van der Waals surface area contributed by atoms with Gasteiger partial charge in [-0.25, -0.2) is 4.57 Å². The number of aliphatic carboxylic acids is 1. The van der Waals surface area contributed by atoms with Crippen molar-refractivity contribution >= 4 is 13.8 Å². The molecule has 210 valence electrons. The Hall–Kier alpha value is -0.540. The SMILES string of the molecule is CCCCCCCCCCCCOC[C@H](COP(=O)(O)OCC[N+](C)(C)C)OCCCCC(=O)O. The van der Waals surface area contributed by atoms with E-state index < -0.39 is 19.9 Å². The number of carbonyl (C=O) groups is 1. The smallest absolute Gasteiger partial charge is 0.472 e. The van der Waals surface area contributed by atoms with Crippen LogP contribution in [0.5, 0.6) is 0 Å². The van der Waals surface area contributed by atoms with Crippen LogP contribution in [-0.2, 0) is 27.9 Å². The van der Waals surface area contributed by atoms with Gasteiger partial charge in [-0.3, -0.25) is 13.8 Å². The van der Waals surface area contributed by atoms with Crippen LogP contribution in [0.4, 0.5) is 0 Å². The summed E-state index contributed by atoms with van der Waals surface area (Å²) >= 11 is 0. The largest absolute Gasteiger partial charge is 0.481 e. The summed E-state index contributed by atoms with van der Waals surface area (Å²) in [6, 6.07) is 0. The van der Waals surface area contributed by atoms with E-state index >= 15 is 0 Å². The number of hydrogen-bond donors (Lipinski definition) is 2. The number of unbranched alkanes of at least 4 members (excludes halogenated alkanes) is 10. The highest BCUT2D eigenvalue weighted by molar-refractivity contribution is 7.47. The molecule has 9 nitrogen and oxygen atoms in total. The van der Waals surface area contributed by atoms with Gasteiger partial charge in [0.15, 0.2) is 0 Å². The quantitative estimate of drug-likeness (QED) is 0.0875. The summed E-state index contributed by atoms with van der Waals surface area (Å²) in [6.45, 7) is 3.96. The Bertz CT molecular complexity index is 556. The second-order valence-corrected chi connectivity index (χ2v) is 11.7. The molecule has 35 heavy (non-hydrogen) atoms. The van der Waals surface area contributed by atoms with Crippen molar-refractivity contribution in [3.63, 3.8) is 0 Å². The van der Waals surface area contributed by atoms with Crippen LogP contribution in [0.2, 0.25) is 0 Å². The van der Waals surface area contributed by atoms with Gasteiger partial charge in [0.25, 0.3) is 0 Å². The summed E-state index contributed by atoms with van der Waals surface area (Å²) in [5, 5.41) is 8.74. The molecular formula is C25H53NO8P+. The highest BCUT2D eigenvalue weighted by atomic mass is 31.2. The molecule has 0 aromatic carbocycles. The zero-order valence-corrected chi connectivity index (χ0v) is 23.6. The molecule has 0 aliphatic rings. The zero-order chi connectivity index (χ0) is 26.4. The van der Waals surface area contributed by atoms with Gasteiger partial charge in [0.05, 0.1) is 34.4 Å². The Kier molecular flexibility index (Phi) is 21.2. The van der Waals surface area contributed by atoms with E-state index in [0.29, 0.717) is 37.1 Å². The van der Waals surface area contributed by atoms with E-state index in [0.717, 1.165) is 12.8 Å². The number of quaternary nitrogens is 1. The van der Waals surface area contributed by atoms with E-state index in [9.17, 15) is 14.3 Å². The number of phosphoric ester groups is 1. The first-order valence-corrected chi connectivity index (χ1v) is 14.9. The molecule has 0 rings (SSSR count). The van der Waals surface area contributed by atoms with Crippen LogP contribution in [0.15, 0.2) is 0 Å². The van der Waals surface area contributed by atoms with Crippen LogP contribution < -0.4 is 0 Å². The lowest BCUT2D eigenvalue weighted by Gasteiger charge is -2.24. The van der Waals surface area contributed by atoms with Gasteiger partial charge in [-0.2, -0.15) is 0 Å². The third-order valence-corrected chi connectivity index (χ3v) is 6.51. The molecule has 2 atom stereocenters. The van der Waals surface area contributed by atoms with Crippen molar-refractivity contribution in [1.29, 1.82) is 0 Å². The van der Waals surface area contributed by atoms with Gasteiger partial charge >= 0.3 is 13.8 Å². The average molecular weight is 527 g/mol. The van der Waals surface area contributed by atoms with Gasteiger partial charge in [0, 0.05) is 19.6 Å². The average Bonchev–Trinajstić information content (AvgIpc) is 2.76. The first kappa shape index (κ1) is 34.5. The first-order chi connectivity index (χ1) is 16.6. The fraction of sp³-hybridized carbons (Fsp3) is 0.960. The third kappa shape index (κ3) is 26.3. The molecule has 0 bridgehead atoms. The van der Waals surface area contributed by atoms with E-state index in [1.54, 1.807) is 0 Å². The molecule has 0 spiro atoms. The van der Waals surface area contributed by atoms with Crippen LogP contribution in [0.3, 0.4) is 0 Å². The number of carboxylic acids is 1. The number of likely N-dealkylation sites (N-methyl/N-ethyl adjacent to an activating group) is 1. The molecule has 0 aromatic heterocycles. The molecule has 0 heterocycles. The van der Waals surface area contributed by atoms with Gasteiger partial charge in [-0.15, -0.1) is 0 Å².